The van der Waals surface area contributed by atoms with E-state index in [2.05, 4.69) is 15.4 Å². The van der Waals surface area contributed by atoms with Crippen LogP contribution in [0.5, 0.6) is 11.5 Å². The van der Waals surface area contributed by atoms with E-state index in [0.717, 1.165) is 4.80 Å². The topological polar surface area (TPSA) is 69.9 Å². The molecule has 3 rings (SSSR count). The lowest BCUT2D eigenvalue weighted by molar-refractivity contribution is 0.0925. The molecule has 98 valence electrons. The van der Waals surface area contributed by atoms with E-state index in [4.69, 9.17) is 4.74 Å². The highest BCUT2D eigenvalue weighted by molar-refractivity contribution is 5.94. The van der Waals surface area contributed by atoms with Gasteiger partial charge < -0.3 is 4.74 Å². The first kappa shape index (κ1) is 12.0. The van der Waals surface area contributed by atoms with E-state index in [-0.39, 0.29) is 5.91 Å². The molecule has 3 aromatic rings. The number of carbonyl (C=O) groups is 1. The molecule has 0 fully saturated rings. The van der Waals surface area contributed by atoms with E-state index in [0.29, 0.717) is 17.1 Å². The fourth-order valence-corrected chi connectivity index (χ4v) is 1.69. The van der Waals surface area contributed by atoms with Gasteiger partial charge in [0.15, 0.2) is 6.33 Å². The van der Waals surface area contributed by atoms with Crippen molar-refractivity contribution in [1.29, 1.82) is 0 Å². The summed E-state index contributed by atoms with van der Waals surface area (Å²) < 4.78 is 5.67. The van der Waals surface area contributed by atoms with Gasteiger partial charge in [-0.3, -0.25) is 4.79 Å². The number of ether oxygens (including phenoxy) is 1. The molecule has 1 aromatic heterocycles. The van der Waals surface area contributed by atoms with Crippen molar-refractivity contribution in [3.8, 4) is 11.5 Å². The number of hydrogen-bond acceptors (Lipinski definition) is 5. The molecule has 6 nitrogen and oxygen atoms in total. The lowest BCUT2D eigenvalue weighted by Gasteiger charge is -2.06. The van der Waals surface area contributed by atoms with E-state index in [1.54, 1.807) is 24.3 Å². The Morgan fingerprint density at radius 3 is 2.55 bits per heavy atom. The predicted octanol–water partition coefficient (Wildman–Crippen LogP) is 2.15. The molecule has 20 heavy (non-hydrogen) atoms. The number of rotatable bonds is 3. The van der Waals surface area contributed by atoms with Crippen LogP contribution >= 0.6 is 0 Å². The smallest absolute Gasteiger partial charge is 0.297 e. The molecular formula is C14H10N4O2. The minimum Gasteiger partial charge on any atom is -0.457 e. The van der Waals surface area contributed by atoms with Gasteiger partial charge in [-0.2, -0.15) is 0 Å². The van der Waals surface area contributed by atoms with Crippen LogP contribution in [-0.4, -0.2) is 26.1 Å². The molecule has 6 heteroatoms. The summed E-state index contributed by atoms with van der Waals surface area (Å²) in [6.07, 6.45) is 1.21. The lowest BCUT2D eigenvalue weighted by atomic mass is 10.2. The molecule has 0 N–H and O–H groups in total. The molecule has 0 saturated heterocycles. The normalized spacial score (nSPS) is 10.2. The van der Waals surface area contributed by atoms with Crippen molar-refractivity contribution < 1.29 is 9.53 Å². The van der Waals surface area contributed by atoms with Gasteiger partial charge in [-0.25, -0.2) is 0 Å². The van der Waals surface area contributed by atoms with Crippen LogP contribution in [0.1, 0.15) is 10.4 Å². The van der Waals surface area contributed by atoms with Crippen LogP contribution in [0.2, 0.25) is 0 Å². The van der Waals surface area contributed by atoms with Crippen LogP contribution in [-0.2, 0) is 0 Å². The first-order chi connectivity index (χ1) is 9.83. The summed E-state index contributed by atoms with van der Waals surface area (Å²) in [5.41, 5.74) is 0.427. The highest BCUT2D eigenvalue weighted by Gasteiger charge is 2.11. The Morgan fingerprint density at radius 1 is 1.00 bits per heavy atom. The van der Waals surface area contributed by atoms with Crippen molar-refractivity contribution in [2.24, 2.45) is 0 Å². The van der Waals surface area contributed by atoms with Gasteiger partial charge in [0.25, 0.3) is 5.91 Å². The van der Waals surface area contributed by atoms with Crippen molar-refractivity contribution in [3.63, 3.8) is 0 Å². The number of nitrogens with zero attached hydrogens (tertiary/aromatic N) is 4. The Balaban J connectivity index is 1.85. The zero-order valence-corrected chi connectivity index (χ0v) is 10.4. The summed E-state index contributed by atoms with van der Waals surface area (Å²) in [6.45, 7) is 0. The van der Waals surface area contributed by atoms with Crippen molar-refractivity contribution in [2.75, 3.05) is 0 Å². The number of aromatic nitrogens is 4. The Kier molecular flexibility index (Phi) is 3.20. The third-order valence-electron chi connectivity index (χ3n) is 2.59. The maximum Gasteiger partial charge on any atom is 0.297 e. The zero-order valence-electron chi connectivity index (χ0n) is 10.4. The van der Waals surface area contributed by atoms with Crippen molar-refractivity contribution in [2.45, 2.75) is 0 Å². The monoisotopic (exact) mass is 266 g/mol. The number of tetrazole rings is 1. The van der Waals surface area contributed by atoms with Crippen LogP contribution < -0.4 is 4.74 Å². The average Bonchev–Trinajstić information content (AvgIpc) is 3.02. The highest BCUT2D eigenvalue weighted by atomic mass is 16.5. The third-order valence-corrected chi connectivity index (χ3v) is 2.59. The Labute approximate surface area is 114 Å². The predicted molar refractivity (Wildman–Crippen MR) is 70.5 cm³/mol. The molecule has 0 amide bonds. The molecule has 0 aliphatic heterocycles. The van der Waals surface area contributed by atoms with Gasteiger partial charge in [0.05, 0.1) is 0 Å². The van der Waals surface area contributed by atoms with E-state index in [9.17, 15) is 4.79 Å². The van der Waals surface area contributed by atoms with Gasteiger partial charge in [0.2, 0.25) is 0 Å². The fraction of sp³-hybridized carbons (Fsp3) is 0. The number of benzene rings is 2. The maximum atomic E-state index is 12.1. The first-order valence-electron chi connectivity index (χ1n) is 5.93. The van der Waals surface area contributed by atoms with Crippen molar-refractivity contribution in [1.82, 2.24) is 20.2 Å². The molecule has 2 aromatic carbocycles. The number of carbonyl (C=O) groups excluding carboxylic acids is 1. The molecule has 0 saturated carbocycles. The standard InChI is InChI=1S/C14H10N4O2/c19-14(18-16-10-15-17-18)11-5-4-8-13(9-11)20-12-6-2-1-3-7-12/h1-10H. The maximum absolute atomic E-state index is 12.1. The average molecular weight is 266 g/mol. The molecule has 0 spiro atoms. The van der Waals surface area contributed by atoms with Gasteiger partial charge in [0, 0.05) is 5.56 Å². The quantitative estimate of drug-likeness (QED) is 0.726. The largest absolute Gasteiger partial charge is 0.457 e. The van der Waals surface area contributed by atoms with Crippen LogP contribution in [0.25, 0.3) is 0 Å². The third kappa shape index (κ3) is 2.54. The van der Waals surface area contributed by atoms with Crippen LogP contribution in [0.4, 0.5) is 0 Å². The fourth-order valence-electron chi connectivity index (χ4n) is 1.69. The van der Waals surface area contributed by atoms with E-state index >= 15 is 0 Å². The van der Waals surface area contributed by atoms with Crippen LogP contribution in [0.3, 0.4) is 0 Å². The number of para-hydroxylation sites is 1. The summed E-state index contributed by atoms with van der Waals surface area (Å²) in [4.78, 5) is 13.0. The Bertz CT molecular complexity index is 711. The van der Waals surface area contributed by atoms with Crippen LogP contribution in [0.15, 0.2) is 60.9 Å². The summed E-state index contributed by atoms with van der Waals surface area (Å²) in [7, 11) is 0. The van der Waals surface area contributed by atoms with Gasteiger partial charge in [-0.1, -0.05) is 29.1 Å². The van der Waals surface area contributed by atoms with Crippen molar-refractivity contribution in [3.05, 3.63) is 66.5 Å². The minimum atomic E-state index is -0.360. The molecule has 0 aliphatic carbocycles. The summed E-state index contributed by atoms with van der Waals surface area (Å²) in [5.74, 6) is 0.916. The van der Waals surface area contributed by atoms with Crippen LogP contribution in [0, 0.1) is 0 Å². The zero-order chi connectivity index (χ0) is 13.8. The second-order valence-electron chi connectivity index (χ2n) is 3.97. The summed E-state index contributed by atoms with van der Waals surface area (Å²) in [6, 6.07) is 16.2. The Morgan fingerprint density at radius 2 is 1.80 bits per heavy atom. The molecular weight excluding hydrogens is 256 g/mol. The second-order valence-corrected chi connectivity index (χ2v) is 3.97. The molecule has 1 heterocycles. The van der Waals surface area contributed by atoms with E-state index in [1.807, 2.05) is 30.3 Å². The van der Waals surface area contributed by atoms with Gasteiger partial charge in [0.1, 0.15) is 11.5 Å². The van der Waals surface area contributed by atoms with Gasteiger partial charge >= 0.3 is 0 Å². The molecule has 0 unspecified atom stereocenters. The van der Waals surface area contributed by atoms with E-state index < -0.39 is 0 Å². The van der Waals surface area contributed by atoms with Gasteiger partial charge in [-0.15, -0.1) is 10.2 Å². The van der Waals surface area contributed by atoms with Crippen molar-refractivity contribution >= 4 is 5.91 Å². The summed E-state index contributed by atoms with van der Waals surface area (Å²) >= 11 is 0. The lowest BCUT2D eigenvalue weighted by Crippen LogP contribution is -2.15. The second kappa shape index (κ2) is 5.31. The Hall–Kier alpha value is -3.02. The minimum absolute atomic E-state index is 0.360. The first-order valence-corrected chi connectivity index (χ1v) is 5.93. The molecule has 0 atom stereocenters. The SMILES string of the molecule is O=C(c1cccc(Oc2ccccc2)c1)n1ncnn1. The number of hydrogen-bond donors (Lipinski definition) is 0. The van der Waals surface area contributed by atoms with Gasteiger partial charge in [-0.05, 0) is 35.5 Å². The molecule has 0 radical (unpaired) electrons. The molecule has 0 aliphatic rings. The van der Waals surface area contributed by atoms with E-state index in [1.165, 1.54) is 6.33 Å². The molecule has 0 bridgehead atoms. The highest BCUT2D eigenvalue weighted by Crippen LogP contribution is 2.21. The summed E-state index contributed by atoms with van der Waals surface area (Å²) in [5, 5.41) is 10.8.